The van der Waals surface area contributed by atoms with E-state index in [0.717, 1.165) is 20.4 Å². The van der Waals surface area contributed by atoms with Gasteiger partial charge in [-0.3, -0.25) is 4.98 Å². The first-order chi connectivity index (χ1) is 11.3. The molecule has 0 aliphatic heterocycles. The van der Waals surface area contributed by atoms with Gasteiger partial charge in [-0.15, -0.1) is 0 Å². The molecule has 1 aromatic heterocycles. The minimum atomic E-state index is -0.483. The number of alkyl carbamates (subject to hydrolysis) is 1. The number of carbonyl (C=O) groups excluding carboxylic acids is 1. The molecule has 24 heavy (non-hydrogen) atoms. The summed E-state index contributed by atoms with van der Waals surface area (Å²) in [5.74, 6) is 0. The van der Waals surface area contributed by atoms with E-state index in [1.165, 1.54) is 0 Å². The van der Waals surface area contributed by atoms with Crippen molar-refractivity contribution in [3.8, 4) is 0 Å². The number of rotatable bonds is 4. The van der Waals surface area contributed by atoms with Crippen molar-refractivity contribution < 1.29 is 9.53 Å². The first-order valence-corrected chi connectivity index (χ1v) is 8.75. The van der Waals surface area contributed by atoms with Crippen molar-refractivity contribution in [1.29, 1.82) is 0 Å². The van der Waals surface area contributed by atoms with E-state index in [-0.39, 0.29) is 0 Å². The summed E-state index contributed by atoms with van der Waals surface area (Å²) in [5, 5.41) is 2.75. The topological polar surface area (TPSA) is 51.2 Å². The van der Waals surface area contributed by atoms with Gasteiger partial charge in [0.25, 0.3) is 0 Å². The lowest BCUT2D eigenvalue weighted by atomic mass is 10.1. The summed E-state index contributed by atoms with van der Waals surface area (Å²) in [7, 11) is 0. The van der Waals surface area contributed by atoms with Crippen molar-refractivity contribution in [2.45, 2.75) is 32.9 Å². The molecule has 0 fully saturated rings. The van der Waals surface area contributed by atoms with Gasteiger partial charge >= 0.3 is 6.09 Å². The number of hydrogen-bond donors (Lipinski definition) is 1. The van der Waals surface area contributed by atoms with Gasteiger partial charge in [0, 0.05) is 12.7 Å². The van der Waals surface area contributed by atoms with Crippen molar-refractivity contribution >= 4 is 40.8 Å². The van der Waals surface area contributed by atoms with Crippen LogP contribution in [-0.4, -0.2) is 16.7 Å². The fourth-order valence-electron chi connectivity index (χ4n) is 1.95. The minimum absolute atomic E-state index is 0.404. The Kier molecular flexibility index (Phi) is 6.36. The van der Waals surface area contributed by atoms with Gasteiger partial charge in [-0.05, 0) is 72.2 Å². The molecular formula is C19H21IN2O2. The number of pyridine rings is 1. The average molecular weight is 436 g/mol. The van der Waals surface area contributed by atoms with E-state index >= 15 is 0 Å². The van der Waals surface area contributed by atoms with E-state index in [4.69, 9.17) is 4.74 Å². The molecule has 5 heteroatoms. The summed E-state index contributed by atoms with van der Waals surface area (Å²) in [6.45, 7) is 5.98. The van der Waals surface area contributed by atoms with E-state index in [1.807, 2.05) is 57.2 Å². The Hall–Kier alpha value is -1.89. The Labute approximate surface area is 156 Å². The largest absolute Gasteiger partial charge is 0.444 e. The van der Waals surface area contributed by atoms with Crippen LogP contribution >= 0.6 is 22.6 Å². The molecule has 0 radical (unpaired) electrons. The lowest BCUT2D eigenvalue weighted by molar-refractivity contribution is 0.0523. The van der Waals surface area contributed by atoms with Crippen LogP contribution in [0.15, 0.2) is 42.6 Å². The van der Waals surface area contributed by atoms with E-state index in [9.17, 15) is 4.79 Å². The average Bonchev–Trinajstić information content (AvgIpc) is 2.50. The first-order valence-electron chi connectivity index (χ1n) is 7.67. The minimum Gasteiger partial charge on any atom is -0.444 e. The summed E-state index contributed by atoms with van der Waals surface area (Å²) in [6, 6.07) is 12.0. The summed E-state index contributed by atoms with van der Waals surface area (Å²) >= 11 is 2.20. The maximum Gasteiger partial charge on any atom is 0.407 e. The summed E-state index contributed by atoms with van der Waals surface area (Å²) in [4.78, 5) is 15.8. The maximum atomic E-state index is 11.6. The molecule has 0 aliphatic carbocycles. The van der Waals surface area contributed by atoms with Crippen LogP contribution < -0.4 is 5.32 Å². The monoisotopic (exact) mass is 436 g/mol. The quantitative estimate of drug-likeness (QED) is 0.549. The Bertz CT molecular complexity index is 719. The number of ether oxygens (including phenoxy) is 1. The van der Waals surface area contributed by atoms with Gasteiger partial charge in [0.2, 0.25) is 0 Å². The Balaban J connectivity index is 1.90. The van der Waals surface area contributed by atoms with Crippen molar-refractivity contribution in [3.05, 3.63) is 63.0 Å². The van der Waals surface area contributed by atoms with Crippen molar-refractivity contribution in [3.63, 3.8) is 0 Å². The normalized spacial score (nSPS) is 11.5. The zero-order valence-corrected chi connectivity index (χ0v) is 16.2. The van der Waals surface area contributed by atoms with E-state index in [2.05, 4.69) is 45.0 Å². The highest BCUT2D eigenvalue weighted by atomic mass is 127. The molecule has 4 nitrogen and oxygen atoms in total. The van der Waals surface area contributed by atoms with E-state index in [1.54, 1.807) is 6.20 Å². The Morgan fingerprint density at radius 3 is 2.46 bits per heavy atom. The van der Waals surface area contributed by atoms with Gasteiger partial charge in [0.15, 0.2) is 0 Å². The van der Waals surface area contributed by atoms with Crippen molar-refractivity contribution in [2.75, 3.05) is 0 Å². The molecule has 0 saturated heterocycles. The molecule has 1 heterocycles. The summed E-state index contributed by atoms with van der Waals surface area (Å²) < 4.78 is 6.18. The molecule has 126 valence electrons. The Morgan fingerprint density at radius 2 is 1.83 bits per heavy atom. The molecule has 0 unspecified atom stereocenters. The van der Waals surface area contributed by atoms with Crippen molar-refractivity contribution in [2.24, 2.45) is 0 Å². The third-order valence-corrected chi connectivity index (χ3v) is 3.62. The predicted octanol–water partition coefficient (Wildman–Crippen LogP) is 4.88. The highest BCUT2D eigenvalue weighted by Gasteiger charge is 2.15. The van der Waals surface area contributed by atoms with E-state index in [0.29, 0.717) is 6.54 Å². The van der Waals surface area contributed by atoms with Crippen LogP contribution in [0, 0.1) is 3.70 Å². The lowest BCUT2D eigenvalue weighted by Gasteiger charge is -2.19. The lowest BCUT2D eigenvalue weighted by Crippen LogP contribution is -2.32. The van der Waals surface area contributed by atoms with Gasteiger partial charge in [0.05, 0.1) is 0 Å². The Morgan fingerprint density at radius 1 is 1.17 bits per heavy atom. The molecular weight excluding hydrogens is 415 g/mol. The smallest absolute Gasteiger partial charge is 0.407 e. The van der Waals surface area contributed by atoms with Crippen LogP contribution in [0.2, 0.25) is 0 Å². The second-order valence-corrected chi connectivity index (χ2v) is 7.45. The third-order valence-electron chi connectivity index (χ3n) is 3.03. The van der Waals surface area contributed by atoms with Gasteiger partial charge in [-0.1, -0.05) is 36.4 Å². The highest BCUT2D eigenvalue weighted by Crippen LogP contribution is 2.12. The van der Waals surface area contributed by atoms with Crippen LogP contribution in [0.25, 0.3) is 12.2 Å². The standard InChI is InChI=1S/C19H21IN2O2/c1-19(2,3)24-18(23)22-13-16-8-5-14(6-9-16)4-7-15-10-11-21-17(20)12-15/h4-12H,13H2,1-3H3,(H,22,23)/b7-4+. The zero-order chi connectivity index (χ0) is 17.6. The van der Waals surface area contributed by atoms with Crippen LogP contribution in [0.4, 0.5) is 4.79 Å². The molecule has 1 N–H and O–H groups in total. The molecule has 2 rings (SSSR count). The molecule has 0 aliphatic rings. The number of hydrogen-bond acceptors (Lipinski definition) is 3. The molecule has 2 aromatic rings. The molecule has 0 saturated carbocycles. The van der Waals surface area contributed by atoms with Gasteiger partial charge in [-0.2, -0.15) is 0 Å². The van der Waals surface area contributed by atoms with E-state index < -0.39 is 11.7 Å². The number of halogens is 1. The second-order valence-electron chi connectivity index (χ2n) is 6.34. The number of amides is 1. The van der Waals surface area contributed by atoms with Gasteiger partial charge < -0.3 is 10.1 Å². The van der Waals surface area contributed by atoms with Crippen LogP contribution in [-0.2, 0) is 11.3 Å². The predicted molar refractivity (Wildman–Crippen MR) is 105 cm³/mol. The number of nitrogens with one attached hydrogen (secondary N) is 1. The molecule has 0 spiro atoms. The number of nitrogens with zero attached hydrogens (tertiary/aromatic N) is 1. The van der Waals surface area contributed by atoms with Crippen molar-refractivity contribution in [1.82, 2.24) is 10.3 Å². The molecule has 1 amide bonds. The SMILES string of the molecule is CC(C)(C)OC(=O)NCc1ccc(/C=C/c2ccnc(I)c2)cc1. The van der Waals surface area contributed by atoms with Crippen LogP contribution in [0.1, 0.15) is 37.5 Å². The molecule has 0 bridgehead atoms. The number of carbonyl (C=O) groups is 1. The first kappa shape index (κ1) is 18.4. The second kappa shape index (κ2) is 8.28. The number of aromatic nitrogens is 1. The third kappa shape index (κ3) is 6.70. The number of benzene rings is 1. The molecule has 0 atom stereocenters. The highest BCUT2D eigenvalue weighted by molar-refractivity contribution is 14.1. The summed E-state index contributed by atoms with van der Waals surface area (Å²) in [6.07, 6.45) is 5.50. The fourth-order valence-corrected chi connectivity index (χ4v) is 2.47. The zero-order valence-electron chi connectivity index (χ0n) is 14.0. The van der Waals surface area contributed by atoms with Crippen LogP contribution in [0.5, 0.6) is 0 Å². The molecule has 1 aromatic carbocycles. The van der Waals surface area contributed by atoms with Crippen LogP contribution in [0.3, 0.4) is 0 Å². The summed E-state index contributed by atoms with van der Waals surface area (Å²) in [5.41, 5.74) is 2.76. The van der Waals surface area contributed by atoms with Gasteiger partial charge in [0.1, 0.15) is 9.30 Å². The fraction of sp³-hybridized carbons (Fsp3) is 0.263. The van der Waals surface area contributed by atoms with Gasteiger partial charge in [-0.25, -0.2) is 4.79 Å². The maximum absolute atomic E-state index is 11.6.